The first-order valence-corrected chi connectivity index (χ1v) is 9.81. The van der Waals surface area contributed by atoms with E-state index in [9.17, 15) is 19.5 Å². The highest BCUT2D eigenvalue weighted by atomic mass is 79.9. The van der Waals surface area contributed by atoms with Crippen LogP contribution < -0.4 is 16.1 Å². The van der Waals surface area contributed by atoms with E-state index in [4.69, 9.17) is 0 Å². The number of para-hydroxylation sites is 2. The monoisotopic (exact) mass is 480 g/mol. The summed E-state index contributed by atoms with van der Waals surface area (Å²) in [5, 5.41) is 18.4. The maximum atomic E-state index is 12.6. The normalized spacial score (nSPS) is 10.5. The molecule has 9 heteroatoms. The first kappa shape index (κ1) is 21.7. The van der Waals surface area contributed by atoms with Crippen molar-refractivity contribution in [3.63, 3.8) is 0 Å². The Bertz CT molecular complexity index is 1150. The molecular formula is C22H17BrN4O4. The average molecular weight is 481 g/mol. The number of amides is 3. The van der Waals surface area contributed by atoms with Crippen LogP contribution in [-0.2, 0) is 9.59 Å². The Labute approximate surface area is 186 Å². The standard InChI is InChI=1S/C22H17BrN4O4/c23-15-9-11-16(12-10-15)25-20(29)17-6-2-3-7-18(17)26-21(30)22(31)27-24-13-14-5-1-4-8-19(14)28/h1-13,28H,(H,25,29)(H,26,30)(H,27,31)/b24-13-. The minimum absolute atomic E-state index is 0.0179. The summed E-state index contributed by atoms with van der Waals surface area (Å²) >= 11 is 3.32. The van der Waals surface area contributed by atoms with E-state index in [0.29, 0.717) is 11.3 Å². The molecule has 3 aromatic carbocycles. The fourth-order valence-electron chi connectivity index (χ4n) is 2.51. The molecule has 0 aliphatic heterocycles. The number of nitrogens with one attached hydrogen (secondary N) is 3. The minimum atomic E-state index is -1.03. The van der Waals surface area contributed by atoms with Gasteiger partial charge in [0.05, 0.1) is 17.5 Å². The van der Waals surface area contributed by atoms with Crippen LogP contribution in [0, 0.1) is 0 Å². The summed E-state index contributed by atoms with van der Waals surface area (Å²) in [6.07, 6.45) is 1.21. The molecule has 0 unspecified atom stereocenters. The van der Waals surface area contributed by atoms with Crippen LogP contribution in [0.25, 0.3) is 0 Å². The lowest BCUT2D eigenvalue weighted by molar-refractivity contribution is -0.136. The number of hydrogen-bond donors (Lipinski definition) is 4. The first-order valence-electron chi connectivity index (χ1n) is 9.02. The lowest BCUT2D eigenvalue weighted by Crippen LogP contribution is -2.33. The SMILES string of the molecule is O=C(N/N=C\c1ccccc1O)C(=O)Nc1ccccc1C(=O)Nc1ccc(Br)cc1. The Hall–Kier alpha value is -3.98. The van der Waals surface area contributed by atoms with Crippen LogP contribution in [0.1, 0.15) is 15.9 Å². The van der Waals surface area contributed by atoms with Crippen molar-refractivity contribution in [3.8, 4) is 5.75 Å². The molecule has 3 aromatic rings. The number of anilines is 2. The molecule has 31 heavy (non-hydrogen) atoms. The van der Waals surface area contributed by atoms with Gasteiger partial charge in [0.1, 0.15) is 5.75 Å². The number of aromatic hydroxyl groups is 1. The zero-order chi connectivity index (χ0) is 22.2. The molecule has 0 spiro atoms. The van der Waals surface area contributed by atoms with Crippen molar-refractivity contribution in [1.82, 2.24) is 5.43 Å². The number of nitrogens with zero attached hydrogens (tertiary/aromatic N) is 1. The van der Waals surface area contributed by atoms with Crippen LogP contribution in [-0.4, -0.2) is 29.0 Å². The maximum absolute atomic E-state index is 12.6. The van der Waals surface area contributed by atoms with Gasteiger partial charge < -0.3 is 15.7 Å². The van der Waals surface area contributed by atoms with E-state index >= 15 is 0 Å². The van der Waals surface area contributed by atoms with Gasteiger partial charge in [-0.2, -0.15) is 5.10 Å². The Balaban J connectivity index is 1.64. The van der Waals surface area contributed by atoms with Crippen LogP contribution in [0.5, 0.6) is 5.75 Å². The second kappa shape index (κ2) is 10.2. The lowest BCUT2D eigenvalue weighted by atomic mass is 10.1. The summed E-state index contributed by atoms with van der Waals surface area (Å²) in [6, 6.07) is 19.7. The van der Waals surface area contributed by atoms with Crippen LogP contribution in [0.2, 0.25) is 0 Å². The van der Waals surface area contributed by atoms with E-state index in [2.05, 4.69) is 37.1 Å². The molecule has 0 bridgehead atoms. The number of carbonyl (C=O) groups is 3. The molecule has 3 amide bonds. The van der Waals surface area contributed by atoms with Gasteiger partial charge in [-0.1, -0.05) is 40.2 Å². The van der Waals surface area contributed by atoms with Crippen molar-refractivity contribution >= 4 is 51.2 Å². The third-order valence-corrected chi connectivity index (χ3v) is 4.56. The second-order valence-corrected chi connectivity index (χ2v) is 7.13. The molecule has 3 rings (SSSR count). The summed E-state index contributed by atoms with van der Waals surface area (Å²) in [5.41, 5.74) is 3.38. The van der Waals surface area contributed by atoms with Gasteiger partial charge in [-0.15, -0.1) is 0 Å². The molecule has 0 aliphatic rings. The zero-order valence-electron chi connectivity index (χ0n) is 16.0. The van der Waals surface area contributed by atoms with Crippen molar-refractivity contribution in [2.75, 3.05) is 10.6 Å². The van der Waals surface area contributed by atoms with Crippen molar-refractivity contribution < 1.29 is 19.5 Å². The predicted octanol–water partition coefficient (Wildman–Crippen LogP) is 3.50. The Morgan fingerprint density at radius 2 is 1.52 bits per heavy atom. The predicted molar refractivity (Wildman–Crippen MR) is 121 cm³/mol. The molecule has 0 radical (unpaired) electrons. The fraction of sp³-hybridized carbons (Fsp3) is 0. The fourth-order valence-corrected chi connectivity index (χ4v) is 2.77. The minimum Gasteiger partial charge on any atom is -0.507 e. The molecule has 156 valence electrons. The summed E-state index contributed by atoms with van der Waals surface area (Å²) < 4.78 is 0.870. The van der Waals surface area contributed by atoms with Crippen molar-refractivity contribution in [2.45, 2.75) is 0 Å². The number of hydrazone groups is 1. The van der Waals surface area contributed by atoms with E-state index in [1.807, 2.05) is 0 Å². The topological polar surface area (TPSA) is 120 Å². The number of benzene rings is 3. The van der Waals surface area contributed by atoms with Crippen molar-refractivity contribution in [2.24, 2.45) is 5.10 Å². The van der Waals surface area contributed by atoms with E-state index in [1.54, 1.807) is 54.6 Å². The van der Waals surface area contributed by atoms with Crippen LogP contribution in [0.4, 0.5) is 11.4 Å². The molecule has 0 aromatic heterocycles. The number of carbonyl (C=O) groups excluding carboxylic acids is 3. The van der Waals surface area contributed by atoms with E-state index in [0.717, 1.165) is 4.47 Å². The summed E-state index contributed by atoms with van der Waals surface area (Å²) in [4.78, 5) is 36.8. The molecule has 0 aliphatic carbocycles. The van der Waals surface area contributed by atoms with Crippen molar-refractivity contribution in [3.05, 3.63) is 88.4 Å². The smallest absolute Gasteiger partial charge is 0.329 e. The number of hydrogen-bond acceptors (Lipinski definition) is 5. The van der Waals surface area contributed by atoms with E-state index in [-0.39, 0.29) is 17.0 Å². The molecule has 0 saturated heterocycles. The summed E-state index contributed by atoms with van der Waals surface area (Å²) in [5.74, 6) is -2.50. The van der Waals surface area contributed by atoms with E-state index < -0.39 is 17.7 Å². The highest BCUT2D eigenvalue weighted by Crippen LogP contribution is 2.19. The van der Waals surface area contributed by atoms with Crippen LogP contribution >= 0.6 is 15.9 Å². The molecular weight excluding hydrogens is 464 g/mol. The van der Waals surface area contributed by atoms with Gasteiger partial charge >= 0.3 is 11.8 Å². The van der Waals surface area contributed by atoms with Gasteiger partial charge in [0.15, 0.2) is 0 Å². The molecule has 0 fully saturated rings. The molecule has 4 N–H and O–H groups in total. The van der Waals surface area contributed by atoms with Crippen LogP contribution in [0.3, 0.4) is 0 Å². The highest BCUT2D eigenvalue weighted by molar-refractivity contribution is 9.10. The lowest BCUT2D eigenvalue weighted by Gasteiger charge is -2.11. The quantitative estimate of drug-likeness (QED) is 0.253. The Kier molecular flexibility index (Phi) is 7.13. The zero-order valence-corrected chi connectivity index (χ0v) is 17.6. The van der Waals surface area contributed by atoms with Gasteiger partial charge in [0.2, 0.25) is 0 Å². The number of phenolic OH excluding ortho intramolecular Hbond substituents is 1. The number of phenols is 1. The third-order valence-electron chi connectivity index (χ3n) is 4.03. The van der Waals surface area contributed by atoms with Crippen LogP contribution in [0.15, 0.2) is 82.4 Å². The van der Waals surface area contributed by atoms with Gasteiger partial charge in [0.25, 0.3) is 5.91 Å². The Morgan fingerprint density at radius 3 is 2.26 bits per heavy atom. The Morgan fingerprint density at radius 1 is 0.839 bits per heavy atom. The van der Waals surface area contributed by atoms with Gasteiger partial charge in [0, 0.05) is 15.7 Å². The van der Waals surface area contributed by atoms with Gasteiger partial charge in [-0.3, -0.25) is 14.4 Å². The highest BCUT2D eigenvalue weighted by Gasteiger charge is 2.17. The third kappa shape index (κ3) is 6.00. The molecule has 0 atom stereocenters. The number of rotatable bonds is 5. The van der Waals surface area contributed by atoms with Crippen molar-refractivity contribution in [1.29, 1.82) is 0 Å². The number of halogens is 1. The second-order valence-electron chi connectivity index (χ2n) is 6.22. The maximum Gasteiger partial charge on any atom is 0.329 e. The summed E-state index contributed by atoms with van der Waals surface area (Å²) in [7, 11) is 0. The molecule has 8 nitrogen and oxygen atoms in total. The first-order chi connectivity index (χ1) is 14.9. The average Bonchev–Trinajstić information content (AvgIpc) is 2.77. The van der Waals surface area contributed by atoms with E-state index in [1.165, 1.54) is 24.4 Å². The largest absolute Gasteiger partial charge is 0.507 e. The molecule has 0 saturated carbocycles. The molecule has 0 heterocycles. The van der Waals surface area contributed by atoms with Gasteiger partial charge in [-0.25, -0.2) is 5.43 Å². The summed E-state index contributed by atoms with van der Waals surface area (Å²) in [6.45, 7) is 0. The van der Waals surface area contributed by atoms with Gasteiger partial charge in [-0.05, 0) is 48.5 Å².